The van der Waals surface area contributed by atoms with E-state index < -0.39 is 23.5 Å². The number of benzene rings is 3. The van der Waals surface area contributed by atoms with Crippen LogP contribution in [0.5, 0.6) is 23.0 Å². The second kappa shape index (κ2) is 16.4. The van der Waals surface area contributed by atoms with Crippen molar-refractivity contribution in [3.8, 4) is 23.0 Å². The zero-order valence-corrected chi connectivity index (χ0v) is 31.1. The molecule has 0 saturated carbocycles. The van der Waals surface area contributed by atoms with Gasteiger partial charge in [0.25, 0.3) is 5.56 Å². The fourth-order valence-corrected chi connectivity index (χ4v) is 7.02. The molecule has 2 heterocycles. The molecule has 0 aliphatic carbocycles. The Kier molecular flexibility index (Phi) is 12.0. The lowest BCUT2D eigenvalue weighted by Gasteiger charge is -2.25. The molecule has 11 nitrogen and oxygen atoms in total. The number of methoxy groups -OCH3 is 2. The van der Waals surface area contributed by atoms with Crippen LogP contribution in [0.4, 0.5) is 0 Å². The first kappa shape index (κ1) is 36.7. The quantitative estimate of drug-likeness (QED) is 0.156. The maximum absolute atomic E-state index is 14.4. The van der Waals surface area contributed by atoms with Gasteiger partial charge in [0.2, 0.25) is 0 Å². The van der Waals surface area contributed by atoms with Gasteiger partial charge in [0.05, 0.1) is 49.3 Å². The van der Waals surface area contributed by atoms with E-state index in [-0.39, 0.29) is 32.0 Å². The fraction of sp³-hybridized carbons (Fsp3) is 0.278. The lowest BCUT2D eigenvalue weighted by molar-refractivity contribution is -0.143. The Balaban J connectivity index is 1.66. The van der Waals surface area contributed by atoms with Gasteiger partial charge in [-0.05, 0) is 74.4 Å². The molecule has 1 aliphatic heterocycles. The molecule has 0 bridgehead atoms. The van der Waals surface area contributed by atoms with E-state index in [9.17, 15) is 14.4 Å². The average molecular weight is 786 g/mol. The summed E-state index contributed by atoms with van der Waals surface area (Å²) >= 11 is 10.9. The summed E-state index contributed by atoms with van der Waals surface area (Å²) in [6.07, 6.45) is 1.71. The molecule has 4 aromatic rings. The van der Waals surface area contributed by atoms with E-state index in [1.54, 1.807) is 57.2 Å². The van der Waals surface area contributed by atoms with Crippen molar-refractivity contribution in [2.24, 2.45) is 4.99 Å². The minimum absolute atomic E-state index is 0.125. The molecule has 50 heavy (non-hydrogen) atoms. The Morgan fingerprint density at radius 2 is 1.80 bits per heavy atom. The van der Waals surface area contributed by atoms with Crippen LogP contribution in [-0.4, -0.2) is 50.5 Å². The number of rotatable bonds is 13. The molecule has 1 aromatic heterocycles. The molecule has 262 valence electrons. The topological polar surface area (TPSA) is 124 Å². The van der Waals surface area contributed by atoms with Gasteiger partial charge < -0.3 is 28.4 Å². The molecular formula is C36H34BrClN2O9S. The molecule has 1 atom stereocenters. The number of carbonyl (C=O) groups is 2. The molecule has 1 aliphatic rings. The molecule has 0 unspecified atom stereocenters. The van der Waals surface area contributed by atoms with Gasteiger partial charge in [-0.1, -0.05) is 57.1 Å². The number of fused-ring (bicyclic) bond motifs is 1. The summed E-state index contributed by atoms with van der Waals surface area (Å²) in [6.45, 7) is 5.50. The van der Waals surface area contributed by atoms with Gasteiger partial charge in [0.15, 0.2) is 34.4 Å². The number of allylic oxidation sites excluding steroid dienone is 1. The number of aromatic nitrogens is 1. The second-order valence-corrected chi connectivity index (χ2v) is 13.1. The van der Waals surface area contributed by atoms with Gasteiger partial charge in [-0.2, -0.15) is 0 Å². The first-order chi connectivity index (χ1) is 24.1. The first-order valence-corrected chi connectivity index (χ1v) is 17.5. The summed E-state index contributed by atoms with van der Waals surface area (Å²) in [5.41, 5.74) is 2.18. The summed E-state index contributed by atoms with van der Waals surface area (Å²) in [5, 5.41) is 0.582. The van der Waals surface area contributed by atoms with Crippen LogP contribution in [-0.2, 0) is 25.7 Å². The van der Waals surface area contributed by atoms with E-state index in [0.29, 0.717) is 58.7 Å². The smallest absolute Gasteiger partial charge is 0.343 e. The fourth-order valence-electron chi connectivity index (χ4n) is 5.31. The lowest BCUT2D eigenvalue weighted by atomic mass is 9.95. The van der Waals surface area contributed by atoms with Crippen LogP contribution in [0.25, 0.3) is 6.08 Å². The third kappa shape index (κ3) is 8.06. The SMILES string of the molecule is CCOC(=O)C1=C(C)N=c2s/c(=C/c3cc(Br)cc(OC)c3OCc3cccc(Cl)c3)c(=O)n2[C@@H]1c1ccc(OCC(=O)OC)c(OCC)c1. The Morgan fingerprint density at radius 1 is 1.00 bits per heavy atom. The Morgan fingerprint density at radius 3 is 2.50 bits per heavy atom. The van der Waals surface area contributed by atoms with Crippen LogP contribution in [0, 0.1) is 0 Å². The number of esters is 2. The van der Waals surface area contributed by atoms with E-state index in [1.807, 2.05) is 24.3 Å². The predicted octanol–water partition coefficient (Wildman–Crippen LogP) is 5.75. The van der Waals surface area contributed by atoms with Gasteiger partial charge in [-0.25, -0.2) is 14.6 Å². The molecular weight excluding hydrogens is 752 g/mol. The van der Waals surface area contributed by atoms with Crippen LogP contribution in [0.3, 0.4) is 0 Å². The normalized spacial score (nSPS) is 14.1. The van der Waals surface area contributed by atoms with Gasteiger partial charge in [0.1, 0.15) is 6.61 Å². The van der Waals surface area contributed by atoms with E-state index in [2.05, 4.69) is 20.9 Å². The van der Waals surface area contributed by atoms with Crippen LogP contribution in [0.15, 0.2) is 80.1 Å². The Labute approximate surface area is 305 Å². The highest BCUT2D eigenvalue weighted by atomic mass is 79.9. The first-order valence-electron chi connectivity index (χ1n) is 15.5. The second-order valence-electron chi connectivity index (χ2n) is 10.8. The van der Waals surface area contributed by atoms with Gasteiger partial charge in [-0.3, -0.25) is 9.36 Å². The summed E-state index contributed by atoms with van der Waals surface area (Å²) in [7, 11) is 2.80. The lowest BCUT2D eigenvalue weighted by Crippen LogP contribution is -2.40. The molecule has 0 amide bonds. The largest absolute Gasteiger partial charge is 0.493 e. The van der Waals surface area contributed by atoms with Crippen molar-refractivity contribution in [2.45, 2.75) is 33.4 Å². The number of nitrogens with zero attached hydrogens (tertiary/aromatic N) is 2. The number of ether oxygens (including phenoxy) is 6. The predicted molar refractivity (Wildman–Crippen MR) is 192 cm³/mol. The van der Waals surface area contributed by atoms with Gasteiger partial charge >= 0.3 is 11.9 Å². The third-order valence-corrected chi connectivity index (χ3v) is 9.18. The van der Waals surface area contributed by atoms with Crippen molar-refractivity contribution in [2.75, 3.05) is 34.0 Å². The van der Waals surface area contributed by atoms with E-state index in [1.165, 1.54) is 30.1 Å². The molecule has 5 rings (SSSR count). The molecule has 3 aromatic carbocycles. The van der Waals surface area contributed by atoms with Crippen LogP contribution in [0.2, 0.25) is 5.02 Å². The van der Waals surface area contributed by atoms with Crippen LogP contribution >= 0.6 is 38.9 Å². The third-order valence-electron chi connectivity index (χ3n) is 7.50. The Bertz CT molecular complexity index is 2140. The van der Waals surface area contributed by atoms with Crippen molar-refractivity contribution in [1.82, 2.24) is 4.57 Å². The van der Waals surface area contributed by atoms with E-state index in [0.717, 1.165) is 5.56 Å². The molecule has 0 N–H and O–H groups in total. The molecule has 0 saturated heterocycles. The zero-order chi connectivity index (χ0) is 35.9. The zero-order valence-electron chi connectivity index (χ0n) is 27.9. The van der Waals surface area contributed by atoms with Crippen LogP contribution in [0.1, 0.15) is 43.5 Å². The standard InChI is InChI=1S/C36H34BrClN2O9S/c1-6-46-27-15-22(11-12-26(27)48-19-30(41)45-5)32-31(35(43)47-7-2)20(3)39-36-40(32)34(42)29(50-36)16-23-14-24(37)17-28(44-4)33(23)49-18-21-9-8-10-25(38)13-21/h8-17,32H,6-7,18-19H2,1-5H3/b29-16+/t32-/m1/s1. The van der Waals surface area contributed by atoms with Crippen molar-refractivity contribution in [3.05, 3.63) is 112 Å². The summed E-state index contributed by atoms with van der Waals surface area (Å²) in [6, 6.07) is 15.0. The van der Waals surface area contributed by atoms with Crippen molar-refractivity contribution in [1.29, 1.82) is 0 Å². The van der Waals surface area contributed by atoms with Crippen molar-refractivity contribution >= 4 is 56.9 Å². The van der Waals surface area contributed by atoms with Crippen LogP contribution < -0.4 is 33.8 Å². The molecule has 0 fully saturated rings. The number of hydrogen-bond donors (Lipinski definition) is 0. The minimum Gasteiger partial charge on any atom is -0.493 e. The summed E-state index contributed by atoms with van der Waals surface area (Å²) < 4.78 is 36.1. The van der Waals surface area contributed by atoms with Gasteiger partial charge in [0, 0.05) is 15.1 Å². The van der Waals surface area contributed by atoms with E-state index >= 15 is 0 Å². The number of carbonyl (C=O) groups excluding carboxylic acids is 2. The summed E-state index contributed by atoms with van der Waals surface area (Å²) in [4.78, 5) is 44.7. The minimum atomic E-state index is -0.920. The highest BCUT2D eigenvalue weighted by molar-refractivity contribution is 9.10. The van der Waals surface area contributed by atoms with Crippen molar-refractivity contribution in [3.63, 3.8) is 0 Å². The van der Waals surface area contributed by atoms with Crippen molar-refractivity contribution < 1.29 is 38.0 Å². The molecule has 0 radical (unpaired) electrons. The number of hydrogen-bond acceptors (Lipinski definition) is 11. The Hall–Kier alpha value is -4.59. The summed E-state index contributed by atoms with van der Waals surface area (Å²) in [5.74, 6) is 0.317. The highest BCUT2D eigenvalue weighted by Crippen LogP contribution is 2.38. The molecule has 0 spiro atoms. The molecule has 14 heteroatoms. The highest BCUT2D eigenvalue weighted by Gasteiger charge is 2.34. The maximum atomic E-state index is 14.4. The number of halogens is 2. The maximum Gasteiger partial charge on any atom is 0.343 e. The van der Waals surface area contributed by atoms with E-state index in [4.69, 9.17) is 40.0 Å². The number of thiazole rings is 1. The van der Waals surface area contributed by atoms with Gasteiger partial charge in [-0.15, -0.1) is 0 Å². The average Bonchev–Trinajstić information content (AvgIpc) is 3.39. The monoisotopic (exact) mass is 784 g/mol.